The van der Waals surface area contributed by atoms with Gasteiger partial charge in [0.25, 0.3) is 0 Å². The van der Waals surface area contributed by atoms with E-state index in [0.717, 1.165) is 6.42 Å². The minimum Gasteiger partial charge on any atom is -0.507 e. The molecule has 0 unspecified atom stereocenters. The number of benzene rings is 2. The smallest absolute Gasteiger partial charge is 0.202 e. The number of hydrogen-bond acceptors (Lipinski definition) is 5. The van der Waals surface area contributed by atoms with Crippen LogP contribution in [0.5, 0.6) is 17.2 Å². The van der Waals surface area contributed by atoms with Crippen molar-refractivity contribution in [1.29, 1.82) is 0 Å². The standard InChI is InChI=1S/C20H18O5/c1-9-6-7-10-12(8-9)19(23)15-16(17(10)21)20(24)14-11(18(15)22)4-3-5-13(14)25-2/h3-5,9,21,23H,6-8H2,1-2H3/t9-/m0/s1. The molecule has 2 N–H and O–H groups in total. The van der Waals surface area contributed by atoms with E-state index in [1.807, 2.05) is 0 Å². The molecule has 0 saturated carbocycles. The predicted molar refractivity (Wildman–Crippen MR) is 90.8 cm³/mol. The van der Waals surface area contributed by atoms with Crippen molar-refractivity contribution in [2.45, 2.75) is 26.2 Å². The second kappa shape index (κ2) is 5.34. The molecule has 5 nitrogen and oxygen atoms in total. The molecule has 5 heteroatoms. The van der Waals surface area contributed by atoms with E-state index in [0.29, 0.717) is 29.9 Å². The van der Waals surface area contributed by atoms with Crippen molar-refractivity contribution in [3.8, 4) is 17.2 Å². The minimum atomic E-state index is -0.490. The Hall–Kier alpha value is -2.82. The average molecular weight is 338 g/mol. The average Bonchev–Trinajstić information content (AvgIpc) is 2.61. The molecule has 0 saturated heterocycles. The highest BCUT2D eigenvalue weighted by atomic mass is 16.5. The molecule has 0 aliphatic heterocycles. The molecule has 2 aromatic rings. The van der Waals surface area contributed by atoms with E-state index < -0.39 is 11.6 Å². The van der Waals surface area contributed by atoms with Crippen molar-refractivity contribution in [1.82, 2.24) is 0 Å². The summed E-state index contributed by atoms with van der Waals surface area (Å²) in [5.74, 6) is -0.663. The van der Waals surface area contributed by atoms with Gasteiger partial charge in [-0.3, -0.25) is 9.59 Å². The predicted octanol–water partition coefficient (Wildman–Crippen LogP) is 3.01. The third kappa shape index (κ3) is 2.02. The summed E-state index contributed by atoms with van der Waals surface area (Å²) < 4.78 is 5.23. The number of fused-ring (bicyclic) bond motifs is 3. The van der Waals surface area contributed by atoms with Crippen LogP contribution >= 0.6 is 0 Å². The van der Waals surface area contributed by atoms with E-state index in [4.69, 9.17) is 4.74 Å². The van der Waals surface area contributed by atoms with E-state index in [1.165, 1.54) is 7.11 Å². The van der Waals surface area contributed by atoms with Crippen molar-refractivity contribution in [2.75, 3.05) is 7.11 Å². The Morgan fingerprint density at radius 2 is 1.68 bits per heavy atom. The maximum atomic E-state index is 13.1. The van der Waals surface area contributed by atoms with Crippen LogP contribution in [0.2, 0.25) is 0 Å². The van der Waals surface area contributed by atoms with Crippen LogP contribution in [0.3, 0.4) is 0 Å². The van der Waals surface area contributed by atoms with Crippen molar-refractivity contribution in [3.05, 3.63) is 51.6 Å². The largest absolute Gasteiger partial charge is 0.507 e. The van der Waals surface area contributed by atoms with Crippen LogP contribution < -0.4 is 4.74 Å². The first-order valence-electron chi connectivity index (χ1n) is 8.31. The molecule has 25 heavy (non-hydrogen) atoms. The number of ketones is 2. The zero-order valence-electron chi connectivity index (χ0n) is 14.0. The first kappa shape index (κ1) is 15.7. The van der Waals surface area contributed by atoms with E-state index in [1.54, 1.807) is 18.2 Å². The zero-order chi connectivity index (χ0) is 17.9. The van der Waals surface area contributed by atoms with Gasteiger partial charge >= 0.3 is 0 Å². The third-order valence-corrected chi connectivity index (χ3v) is 5.27. The van der Waals surface area contributed by atoms with E-state index in [2.05, 4.69) is 6.92 Å². The molecule has 0 aromatic heterocycles. The van der Waals surface area contributed by atoms with Gasteiger partial charge in [-0.1, -0.05) is 19.1 Å². The molecule has 0 radical (unpaired) electrons. The molecule has 2 aromatic carbocycles. The molecule has 4 rings (SSSR count). The van der Waals surface area contributed by atoms with E-state index >= 15 is 0 Å². The second-order valence-corrected chi connectivity index (χ2v) is 6.79. The fourth-order valence-corrected chi connectivity index (χ4v) is 3.98. The summed E-state index contributed by atoms with van der Waals surface area (Å²) in [6, 6.07) is 4.77. The quantitative estimate of drug-likeness (QED) is 0.666. The lowest BCUT2D eigenvalue weighted by Crippen LogP contribution is -2.24. The fourth-order valence-electron chi connectivity index (χ4n) is 3.98. The second-order valence-electron chi connectivity index (χ2n) is 6.79. The van der Waals surface area contributed by atoms with Crippen molar-refractivity contribution >= 4 is 11.6 Å². The number of phenolic OH excluding ortho intramolecular Hbond substituents is 2. The summed E-state index contributed by atoms with van der Waals surface area (Å²) in [5, 5.41) is 21.5. The lowest BCUT2D eigenvalue weighted by atomic mass is 9.76. The molecule has 0 bridgehead atoms. The van der Waals surface area contributed by atoms with Crippen LogP contribution in [-0.4, -0.2) is 28.9 Å². The van der Waals surface area contributed by atoms with Crippen LogP contribution in [0.25, 0.3) is 0 Å². The van der Waals surface area contributed by atoms with Crippen LogP contribution in [0.15, 0.2) is 18.2 Å². The summed E-state index contributed by atoms with van der Waals surface area (Å²) in [5.41, 5.74) is 1.30. The number of methoxy groups -OCH3 is 1. The number of carbonyl (C=O) groups is 2. The number of carbonyl (C=O) groups excluding carboxylic acids is 2. The summed E-state index contributed by atoms with van der Waals surface area (Å²) in [7, 11) is 1.43. The lowest BCUT2D eigenvalue weighted by molar-refractivity contribution is 0.0971. The van der Waals surface area contributed by atoms with Crippen molar-refractivity contribution < 1.29 is 24.5 Å². The Morgan fingerprint density at radius 3 is 2.40 bits per heavy atom. The van der Waals surface area contributed by atoms with Gasteiger partial charge in [0.05, 0.1) is 23.8 Å². The minimum absolute atomic E-state index is 0.0869. The molecule has 2 aliphatic rings. The zero-order valence-corrected chi connectivity index (χ0v) is 14.0. The van der Waals surface area contributed by atoms with Gasteiger partial charge in [-0.25, -0.2) is 0 Å². The molecule has 0 heterocycles. The monoisotopic (exact) mass is 338 g/mol. The Bertz CT molecular complexity index is 942. The fraction of sp³-hybridized carbons (Fsp3) is 0.300. The van der Waals surface area contributed by atoms with Gasteiger partial charge in [-0.05, 0) is 31.2 Å². The summed E-state index contributed by atoms with van der Waals surface area (Å²) in [6.45, 7) is 2.06. The van der Waals surface area contributed by atoms with Crippen LogP contribution in [0.1, 0.15) is 56.3 Å². The molecule has 1 atom stereocenters. The third-order valence-electron chi connectivity index (χ3n) is 5.27. The SMILES string of the molecule is COc1cccc2c1C(=O)c1c(O)c3c(c(O)c1C2=O)C[C@@H](C)CC3. The number of ether oxygens (including phenoxy) is 1. The van der Waals surface area contributed by atoms with Crippen LogP contribution in [0, 0.1) is 5.92 Å². The lowest BCUT2D eigenvalue weighted by Gasteiger charge is -2.28. The van der Waals surface area contributed by atoms with Gasteiger partial charge in [0.1, 0.15) is 17.2 Å². The van der Waals surface area contributed by atoms with Gasteiger partial charge in [0, 0.05) is 16.7 Å². The summed E-state index contributed by atoms with van der Waals surface area (Å²) in [4.78, 5) is 26.0. The highest BCUT2D eigenvalue weighted by Gasteiger charge is 2.39. The molecule has 0 amide bonds. The van der Waals surface area contributed by atoms with Gasteiger partial charge in [-0.2, -0.15) is 0 Å². The molecule has 0 spiro atoms. The van der Waals surface area contributed by atoms with E-state index in [9.17, 15) is 19.8 Å². The topological polar surface area (TPSA) is 83.8 Å². The molecule has 2 aliphatic carbocycles. The summed E-state index contributed by atoms with van der Waals surface area (Å²) in [6.07, 6.45) is 2.01. The first-order chi connectivity index (χ1) is 12.0. The molecular formula is C20H18O5. The Labute approximate surface area is 144 Å². The van der Waals surface area contributed by atoms with Crippen molar-refractivity contribution in [2.24, 2.45) is 5.92 Å². The van der Waals surface area contributed by atoms with E-state index in [-0.39, 0.29) is 39.5 Å². The molecule has 128 valence electrons. The number of phenols is 2. The Morgan fingerprint density at radius 1 is 1.00 bits per heavy atom. The highest BCUT2D eigenvalue weighted by molar-refractivity contribution is 6.31. The molecular weight excluding hydrogens is 320 g/mol. The maximum absolute atomic E-state index is 13.1. The number of rotatable bonds is 1. The Kier molecular flexibility index (Phi) is 3.35. The van der Waals surface area contributed by atoms with Crippen LogP contribution in [-0.2, 0) is 12.8 Å². The number of aromatic hydroxyl groups is 2. The maximum Gasteiger partial charge on any atom is 0.202 e. The molecule has 0 fully saturated rings. The van der Waals surface area contributed by atoms with Gasteiger partial charge in [0.2, 0.25) is 5.78 Å². The number of hydrogen-bond donors (Lipinski definition) is 2. The van der Waals surface area contributed by atoms with Crippen molar-refractivity contribution in [3.63, 3.8) is 0 Å². The summed E-state index contributed by atoms with van der Waals surface area (Å²) >= 11 is 0. The normalized spacial score (nSPS) is 18.4. The highest BCUT2D eigenvalue weighted by Crippen LogP contribution is 2.47. The first-order valence-corrected chi connectivity index (χ1v) is 8.31. The van der Waals surface area contributed by atoms with Gasteiger partial charge in [0.15, 0.2) is 5.78 Å². The Balaban J connectivity index is 2.05. The van der Waals surface area contributed by atoms with Gasteiger partial charge in [-0.15, -0.1) is 0 Å². The van der Waals surface area contributed by atoms with Gasteiger partial charge < -0.3 is 14.9 Å². The van der Waals surface area contributed by atoms with Crippen LogP contribution in [0.4, 0.5) is 0 Å².